The summed E-state index contributed by atoms with van der Waals surface area (Å²) in [6, 6.07) is 12.3. The number of hydrogen-bond donors (Lipinski definition) is 1. The van der Waals surface area contributed by atoms with E-state index >= 15 is 0 Å². The Morgan fingerprint density at radius 1 is 1.19 bits per heavy atom. The summed E-state index contributed by atoms with van der Waals surface area (Å²) in [5, 5.41) is 17.3. The van der Waals surface area contributed by atoms with Crippen molar-refractivity contribution in [2.45, 2.75) is 6.04 Å². The lowest BCUT2D eigenvalue weighted by molar-refractivity contribution is 0.586. The van der Waals surface area contributed by atoms with Crippen LogP contribution in [0.25, 0.3) is 5.70 Å². The molecule has 0 radical (unpaired) electrons. The molecule has 0 spiro atoms. The predicted molar refractivity (Wildman–Crippen MR) is 86.0 cm³/mol. The Morgan fingerprint density at radius 2 is 2.05 bits per heavy atom. The zero-order chi connectivity index (χ0) is 14.2. The molecule has 1 N–H and O–H groups in total. The van der Waals surface area contributed by atoms with Crippen molar-refractivity contribution in [3.63, 3.8) is 0 Å². The third kappa shape index (κ3) is 2.28. The molecular weight excluding hydrogens is 350 g/mol. The van der Waals surface area contributed by atoms with E-state index in [1.165, 1.54) is 4.88 Å². The molecule has 1 aliphatic rings. The lowest BCUT2D eigenvalue weighted by Crippen LogP contribution is -2.19. The smallest absolute Gasteiger partial charge is 0.248 e. The first-order chi connectivity index (χ1) is 10.3. The van der Waals surface area contributed by atoms with Crippen LogP contribution in [0.3, 0.4) is 0 Å². The van der Waals surface area contributed by atoms with Gasteiger partial charge in [-0.15, -0.1) is 11.3 Å². The number of nitrogens with zero attached hydrogens (tertiary/aromatic N) is 4. The van der Waals surface area contributed by atoms with Crippen LogP contribution < -0.4 is 5.32 Å². The number of benzene rings is 1. The van der Waals surface area contributed by atoms with Crippen molar-refractivity contribution in [1.82, 2.24) is 20.2 Å². The maximum absolute atomic E-state index is 4.09. The zero-order valence-corrected chi connectivity index (χ0v) is 13.2. The minimum absolute atomic E-state index is 0.0125. The molecule has 0 aliphatic carbocycles. The number of fused-ring (bicyclic) bond motifs is 1. The summed E-state index contributed by atoms with van der Waals surface area (Å²) in [5.41, 5.74) is 2.18. The number of nitrogens with one attached hydrogen (secondary N) is 1. The second-order valence-electron chi connectivity index (χ2n) is 4.63. The number of tetrazole rings is 1. The molecule has 1 aromatic carbocycles. The highest BCUT2D eigenvalue weighted by Crippen LogP contribution is 2.33. The molecule has 0 saturated heterocycles. The zero-order valence-electron chi connectivity index (χ0n) is 10.8. The summed E-state index contributed by atoms with van der Waals surface area (Å²) in [4.78, 5) is 1.17. The van der Waals surface area contributed by atoms with Gasteiger partial charge in [-0.2, -0.15) is 4.68 Å². The third-order valence-corrected chi connectivity index (χ3v) is 4.76. The molecule has 0 bridgehead atoms. The molecule has 5 nitrogen and oxygen atoms in total. The number of hydrogen-bond acceptors (Lipinski definition) is 5. The molecule has 104 valence electrons. The van der Waals surface area contributed by atoms with Gasteiger partial charge in [-0.3, -0.25) is 0 Å². The molecule has 4 rings (SSSR count). The first kappa shape index (κ1) is 12.7. The normalized spacial score (nSPS) is 17.0. The Labute approximate surface area is 133 Å². The van der Waals surface area contributed by atoms with E-state index in [1.54, 1.807) is 16.0 Å². The van der Waals surface area contributed by atoms with Crippen molar-refractivity contribution in [3.05, 3.63) is 62.8 Å². The summed E-state index contributed by atoms with van der Waals surface area (Å²) in [5.74, 6) is 0.661. The average molecular weight is 360 g/mol. The number of anilines is 1. The molecule has 3 heterocycles. The minimum Gasteiger partial charge on any atom is -0.322 e. The van der Waals surface area contributed by atoms with E-state index in [2.05, 4.69) is 66.4 Å². The molecule has 0 fully saturated rings. The van der Waals surface area contributed by atoms with Crippen LogP contribution >= 0.6 is 27.3 Å². The summed E-state index contributed by atoms with van der Waals surface area (Å²) in [7, 11) is 0. The van der Waals surface area contributed by atoms with Gasteiger partial charge in [-0.1, -0.05) is 39.2 Å². The Balaban J connectivity index is 1.82. The summed E-state index contributed by atoms with van der Waals surface area (Å²) < 4.78 is 2.85. The van der Waals surface area contributed by atoms with Crippen molar-refractivity contribution in [2.75, 3.05) is 5.32 Å². The van der Waals surface area contributed by atoms with Crippen LogP contribution in [0.2, 0.25) is 0 Å². The SMILES string of the molecule is Brc1ccc(C2C=C(c3cccs3)Nc3nnnn32)cc1. The van der Waals surface area contributed by atoms with Crippen molar-refractivity contribution in [1.29, 1.82) is 0 Å². The van der Waals surface area contributed by atoms with Gasteiger partial charge in [0.2, 0.25) is 5.95 Å². The van der Waals surface area contributed by atoms with Crippen LogP contribution in [0.5, 0.6) is 0 Å². The van der Waals surface area contributed by atoms with Crippen molar-refractivity contribution < 1.29 is 0 Å². The number of halogens is 1. The van der Waals surface area contributed by atoms with E-state index in [0.29, 0.717) is 5.95 Å². The van der Waals surface area contributed by atoms with Gasteiger partial charge in [0.25, 0.3) is 0 Å². The maximum Gasteiger partial charge on any atom is 0.248 e. The van der Waals surface area contributed by atoms with Gasteiger partial charge >= 0.3 is 0 Å². The number of aromatic nitrogens is 4. The Morgan fingerprint density at radius 3 is 2.81 bits per heavy atom. The van der Waals surface area contributed by atoms with Gasteiger partial charge in [0.1, 0.15) is 6.04 Å². The van der Waals surface area contributed by atoms with Gasteiger partial charge in [0, 0.05) is 4.47 Å². The van der Waals surface area contributed by atoms with Crippen molar-refractivity contribution in [3.8, 4) is 0 Å². The first-order valence-electron chi connectivity index (χ1n) is 6.37. The highest BCUT2D eigenvalue weighted by molar-refractivity contribution is 9.10. The molecule has 21 heavy (non-hydrogen) atoms. The molecule has 1 atom stereocenters. The van der Waals surface area contributed by atoms with Crippen LogP contribution in [0.1, 0.15) is 16.5 Å². The summed E-state index contributed by atoms with van der Waals surface area (Å²) in [6.07, 6.45) is 2.15. The Bertz CT molecular complexity index is 791. The lowest BCUT2D eigenvalue weighted by Gasteiger charge is -2.22. The average Bonchev–Trinajstić information content (AvgIpc) is 3.18. The van der Waals surface area contributed by atoms with Crippen LogP contribution in [-0.4, -0.2) is 20.2 Å². The van der Waals surface area contributed by atoms with E-state index < -0.39 is 0 Å². The third-order valence-electron chi connectivity index (χ3n) is 3.33. The van der Waals surface area contributed by atoms with Crippen LogP contribution in [-0.2, 0) is 0 Å². The molecule has 1 unspecified atom stereocenters. The Hall–Kier alpha value is -1.99. The van der Waals surface area contributed by atoms with E-state index in [4.69, 9.17) is 0 Å². The van der Waals surface area contributed by atoms with Crippen molar-refractivity contribution in [2.24, 2.45) is 0 Å². The molecule has 1 aliphatic heterocycles. The predicted octanol–water partition coefficient (Wildman–Crippen LogP) is 3.55. The molecular formula is C14H10BrN5S. The van der Waals surface area contributed by atoms with Gasteiger partial charge in [0.05, 0.1) is 10.6 Å². The molecule has 0 amide bonds. The van der Waals surface area contributed by atoms with E-state index in [0.717, 1.165) is 15.7 Å². The van der Waals surface area contributed by atoms with Crippen LogP contribution in [0.15, 0.2) is 52.3 Å². The minimum atomic E-state index is -0.0125. The summed E-state index contributed by atoms with van der Waals surface area (Å²) >= 11 is 5.15. The maximum atomic E-state index is 4.09. The van der Waals surface area contributed by atoms with Crippen molar-refractivity contribution >= 4 is 38.9 Å². The number of rotatable bonds is 2. The second kappa shape index (κ2) is 5.09. The quantitative estimate of drug-likeness (QED) is 0.759. The first-order valence-corrected chi connectivity index (χ1v) is 8.04. The van der Waals surface area contributed by atoms with E-state index in [1.807, 2.05) is 18.2 Å². The fourth-order valence-electron chi connectivity index (χ4n) is 2.33. The van der Waals surface area contributed by atoms with Crippen LogP contribution in [0.4, 0.5) is 5.95 Å². The number of thiophene rings is 1. The fraction of sp³-hybridized carbons (Fsp3) is 0.0714. The largest absolute Gasteiger partial charge is 0.322 e. The molecule has 3 aromatic rings. The van der Waals surface area contributed by atoms with E-state index in [9.17, 15) is 0 Å². The van der Waals surface area contributed by atoms with Gasteiger partial charge in [-0.05, 0) is 45.6 Å². The van der Waals surface area contributed by atoms with Gasteiger partial charge in [-0.25, -0.2) is 0 Å². The monoisotopic (exact) mass is 359 g/mol. The van der Waals surface area contributed by atoms with Gasteiger partial charge in [0.15, 0.2) is 0 Å². The molecule has 0 saturated carbocycles. The fourth-order valence-corrected chi connectivity index (χ4v) is 3.30. The lowest BCUT2D eigenvalue weighted by atomic mass is 10.0. The standard InChI is InChI=1S/C14H10BrN5S/c15-10-5-3-9(4-6-10)12-8-11(13-2-1-7-21-13)16-14-17-18-19-20(12)14/h1-8,12H,(H,16,17,19). The summed E-state index contributed by atoms with van der Waals surface area (Å²) in [6.45, 7) is 0. The molecule has 7 heteroatoms. The second-order valence-corrected chi connectivity index (χ2v) is 6.49. The van der Waals surface area contributed by atoms with E-state index in [-0.39, 0.29) is 6.04 Å². The molecule has 2 aromatic heterocycles. The highest BCUT2D eigenvalue weighted by Gasteiger charge is 2.24. The van der Waals surface area contributed by atoms with Crippen LogP contribution in [0, 0.1) is 0 Å². The van der Waals surface area contributed by atoms with Gasteiger partial charge < -0.3 is 5.32 Å². The number of allylic oxidation sites excluding steroid dienone is 1. The Kier molecular flexibility index (Phi) is 3.08. The highest BCUT2D eigenvalue weighted by atomic mass is 79.9. The topological polar surface area (TPSA) is 55.6 Å².